The predicted octanol–water partition coefficient (Wildman–Crippen LogP) is 2.53. The van der Waals surface area contributed by atoms with E-state index >= 15 is 0 Å². The van der Waals surface area contributed by atoms with E-state index in [9.17, 15) is 0 Å². The molecule has 1 aliphatic heterocycles. The largest absolute Gasteiger partial charge is 0.287 e. The fourth-order valence-electron chi connectivity index (χ4n) is 2.07. The highest BCUT2D eigenvalue weighted by molar-refractivity contribution is 5.75. The molecule has 1 aromatic heterocycles. The Labute approximate surface area is 89.1 Å². The normalized spacial score (nSPS) is 13.8. The first-order valence-corrected chi connectivity index (χ1v) is 5.17. The van der Waals surface area contributed by atoms with Crippen molar-refractivity contribution in [3.05, 3.63) is 53.9 Å². The first kappa shape index (κ1) is 8.48. The van der Waals surface area contributed by atoms with Crippen molar-refractivity contribution in [3.8, 4) is 0 Å². The molecule has 0 N–H and O–H groups in total. The lowest BCUT2D eigenvalue weighted by Crippen LogP contribution is -2.04. The zero-order valence-electron chi connectivity index (χ0n) is 8.72. The van der Waals surface area contributed by atoms with Crippen molar-refractivity contribution in [2.24, 2.45) is 0 Å². The molecule has 74 valence electrons. The molecule has 0 saturated heterocycles. The van der Waals surface area contributed by atoms with E-state index in [4.69, 9.17) is 0 Å². The molecule has 0 saturated carbocycles. The molecular formula is C13H13N2+. The second-order valence-electron chi connectivity index (χ2n) is 3.93. The quantitative estimate of drug-likeness (QED) is 0.621. The Morgan fingerprint density at radius 1 is 1.13 bits per heavy atom. The number of nitrogens with zero attached hydrogens (tertiary/aromatic N) is 2. The minimum atomic E-state index is 0.924. The number of benzene rings is 1. The topological polar surface area (TPSA) is 7.94 Å². The Balaban J connectivity index is 2.05. The van der Waals surface area contributed by atoms with Crippen LogP contribution in [0.3, 0.4) is 0 Å². The van der Waals surface area contributed by atoms with Crippen LogP contribution in [0.25, 0.3) is 0 Å². The number of rotatable bonds is 1. The zero-order chi connectivity index (χ0) is 10.3. The summed E-state index contributed by atoms with van der Waals surface area (Å²) in [5, 5.41) is 0. The van der Waals surface area contributed by atoms with Gasteiger partial charge in [0, 0.05) is 17.8 Å². The summed E-state index contributed by atoms with van der Waals surface area (Å²) in [4.78, 5) is 0. The lowest BCUT2D eigenvalue weighted by Gasteiger charge is -2.00. The minimum absolute atomic E-state index is 0.924. The van der Waals surface area contributed by atoms with E-state index < -0.39 is 0 Å². The van der Waals surface area contributed by atoms with Crippen molar-refractivity contribution in [2.45, 2.75) is 13.6 Å². The van der Waals surface area contributed by atoms with Crippen molar-refractivity contribution in [3.63, 3.8) is 0 Å². The van der Waals surface area contributed by atoms with Crippen LogP contribution in [-0.2, 0) is 6.67 Å². The molecule has 0 aliphatic carbocycles. The molecule has 3 rings (SSSR count). The van der Waals surface area contributed by atoms with Crippen molar-refractivity contribution in [2.75, 3.05) is 0 Å². The van der Waals surface area contributed by atoms with Gasteiger partial charge >= 0.3 is 0 Å². The lowest BCUT2D eigenvalue weighted by molar-refractivity contribution is -0.464. The molecule has 0 bridgehead atoms. The highest BCUT2D eigenvalue weighted by Gasteiger charge is 2.20. The summed E-state index contributed by atoms with van der Waals surface area (Å²) in [6, 6.07) is 12.7. The minimum Gasteiger partial charge on any atom is -0.287 e. The van der Waals surface area contributed by atoms with E-state index in [1.54, 1.807) is 0 Å². The standard InChI is InChI=1S/C13H13N2/c1-11-5-2-3-7-13(11)15-9-12-6-4-8-14(12)10-15/h2-9H,10H2,1H3/q+1. The average Bonchev–Trinajstić information content (AvgIpc) is 2.77. The second-order valence-corrected chi connectivity index (χ2v) is 3.93. The fourth-order valence-corrected chi connectivity index (χ4v) is 2.07. The highest BCUT2D eigenvalue weighted by atomic mass is 15.2. The smallest absolute Gasteiger partial charge is 0.228 e. The van der Waals surface area contributed by atoms with E-state index in [2.05, 4.69) is 64.9 Å². The van der Waals surface area contributed by atoms with Gasteiger partial charge in [0.15, 0.2) is 6.21 Å². The van der Waals surface area contributed by atoms with Crippen molar-refractivity contribution >= 4 is 11.9 Å². The number of aryl methyl sites for hydroxylation is 1. The fraction of sp³-hybridized carbons (Fsp3) is 0.154. The van der Waals surface area contributed by atoms with Gasteiger partial charge in [0.05, 0.1) is 0 Å². The Kier molecular flexibility index (Phi) is 1.75. The van der Waals surface area contributed by atoms with Gasteiger partial charge in [-0.15, -0.1) is 0 Å². The van der Waals surface area contributed by atoms with Crippen LogP contribution < -0.4 is 0 Å². The number of aromatic nitrogens is 1. The van der Waals surface area contributed by atoms with Crippen LogP contribution in [0.4, 0.5) is 5.69 Å². The van der Waals surface area contributed by atoms with E-state index in [0.717, 1.165) is 6.67 Å². The summed E-state index contributed by atoms with van der Waals surface area (Å²) < 4.78 is 4.52. The van der Waals surface area contributed by atoms with Crippen LogP contribution in [-0.4, -0.2) is 15.4 Å². The number of hydrogen-bond donors (Lipinski definition) is 0. The van der Waals surface area contributed by atoms with Gasteiger partial charge in [-0.1, -0.05) is 18.2 Å². The zero-order valence-corrected chi connectivity index (χ0v) is 8.72. The number of hydrogen-bond acceptors (Lipinski definition) is 0. The van der Waals surface area contributed by atoms with Crippen LogP contribution in [0.1, 0.15) is 11.3 Å². The van der Waals surface area contributed by atoms with E-state index in [1.807, 2.05) is 0 Å². The summed E-state index contributed by atoms with van der Waals surface area (Å²) in [6.07, 6.45) is 4.31. The molecule has 2 heteroatoms. The van der Waals surface area contributed by atoms with Gasteiger partial charge in [0.2, 0.25) is 12.4 Å². The maximum Gasteiger partial charge on any atom is 0.228 e. The van der Waals surface area contributed by atoms with Gasteiger partial charge < -0.3 is 0 Å². The highest BCUT2D eigenvalue weighted by Crippen LogP contribution is 2.21. The third-order valence-corrected chi connectivity index (χ3v) is 2.88. The Bertz CT molecular complexity index is 535. The van der Waals surface area contributed by atoms with Gasteiger partial charge in [-0.2, -0.15) is 4.58 Å². The van der Waals surface area contributed by atoms with Crippen molar-refractivity contribution in [1.29, 1.82) is 0 Å². The third-order valence-electron chi connectivity index (χ3n) is 2.88. The molecular weight excluding hydrogens is 184 g/mol. The first-order chi connectivity index (χ1) is 7.34. The summed E-state index contributed by atoms with van der Waals surface area (Å²) in [5.41, 5.74) is 3.89. The first-order valence-electron chi connectivity index (χ1n) is 5.17. The molecule has 0 radical (unpaired) electrons. The summed E-state index contributed by atoms with van der Waals surface area (Å²) in [6.45, 7) is 3.07. The van der Waals surface area contributed by atoms with Crippen molar-refractivity contribution in [1.82, 2.24) is 4.57 Å². The average molecular weight is 197 g/mol. The van der Waals surface area contributed by atoms with Crippen LogP contribution in [0, 0.1) is 6.92 Å². The predicted molar refractivity (Wildman–Crippen MR) is 60.7 cm³/mol. The Morgan fingerprint density at radius 2 is 2.00 bits per heavy atom. The van der Waals surface area contributed by atoms with Gasteiger partial charge in [-0.05, 0) is 19.1 Å². The molecule has 2 aromatic rings. The molecule has 1 aliphatic rings. The van der Waals surface area contributed by atoms with Gasteiger partial charge in [-0.25, -0.2) is 0 Å². The lowest BCUT2D eigenvalue weighted by atomic mass is 10.2. The molecule has 0 fully saturated rings. The Hall–Kier alpha value is -1.83. The van der Waals surface area contributed by atoms with E-state index in [0.29, 0.717) is 0 Å². The molecule has 2 heterocycles. The number of fused-ring (bicyclic) bond motifs is 1. The maximum absolute atomic E-state index is 2.28. The van der Waals surface area contributed by atoms with Crippen LogP contribution >= 0.6 is 0 Å². The maximum atomic E-state index is 2.28. The monoisotopic (exact) mass is 197 g/mol. The third kappa shape index (κ3) is 1.30. The Morgan fingerprint density at radius 3 is 2.80 bits per heavy atom. The summed E-state index contributed by atoms with van der Waals surface area (Å²) in [7, 11) is 0. The SMILES string of the molecule is Cc1ccccc1[N+]1=Cc2cccn2C1. The van der Waals surface area contributed by atoms with E-state index in [1.165, 1.54) is 16.9 Å². The molecule has 2 nitrogen and oxygen atoms in total. The van der Waals surface area contributed by atoms with Crippen LogP contribution in [0.2, 0.25) is 0 Å². The van der Waals surface area contributed by atoms with Gasteiger partial charge in [0.1, 0.15) is 5.69 Å². The van der Waals surface area contributed by atoms with Gasteiger partial charge in [-0.3, -0.25) is 4.57 Å². The summed E-state index contributed by atoms with van der Waals surface area (Å²) in [5.74, 6) is 0. The molecule has 0 amide bonds. The van der Waals surface area contributed by atoms with E-state index in [-0.39, 0.29) is 0 Å². The molecule has 0 spiro atoms. The molecule has 1 aromatic carbocycles. The van der Waals surface area contributed by atoms with Crippen molar-refractivity contribution < 1.29 is 4.58 Å². The van der Waals surface area contributed by atoms with Crippen LogP contribution in [0.15, 0.2) is 42.6 Å². The molecule has 0 unspecified atom stereocenters. The molecule has 0 atom stereocenters. The van der Waals surface area contributed by atoms with Crippen LogP contribution in [0.5, 0.6) is 0 Å². The van der Waals surface area contributed by atoms with Gasteiger partial charge in [0.25, 0.3) is 0 Å². The summed E-state index contributed by atoms with van der Waals surface area (Å²) >= 11 is 0. The second kappa shape index (κ2) is 3.09. The number of para-hydroxylation sites is 1. The molecule has 15 heavy (non-hydrogen) atoms.